The predicted molar refractivity (Wildman–Crippen MR) is 103 cm³/mol. The average Bonchev–Trinajstić information content (AvgIpc) is 3.32. The van der Waals surface area contributed by atoms with Crippen LogP contribution in [0.2, 0.25) is 0 Å². The molecule has 30 heavy (non-hydrogen) atoms. The third kappa shape index (κ3) is 2.73. The maximum Gasteiger partial charge on any atom is 0.291 e. The number of hydrazone groups is 1. The van der Waals surface area contributed by atoms with Crippen LogP contribution in [0.1, 0.15) is 40.2 Å². The first-order valence-electron chi connectivity index (χ1n) is 10.1. The van der Waals surface area contributed by atoms with Gasteiger partial charge in [-0.1, -0.05) is 18.2 Å². The number of rotatable bonds is 1. The zero-order valence-electron chi connectivity index (χ0n) is 17.7. The molecule has 0 N–H and O–H groups in total. The quantitative estimate of drug-likeness (QED) is 0.689. The normalized spacial score (nSPS) is 38.6. The number of carbonyl (C=O) groups excluding carboxylic acids is 1. The van der Waals surface area contributed by atoms with Gasteiger partial charge in [-0.05, 0) is 39.8 Å². The number of nitrogens with zero attached hydrogens (tertiary/aromatic N) is 2. The van der Waals surface area contributed by atoms with Crippen molar-refractivity contribution < 1.29 is 33.2 Å². The minimum Gasteiger partial charge on any atom is -0.438 e. The van der Waals surface area contributed by atoms with Gasteiger partial charge in [0.2, 0.25) is 11.8 Å². The molecule has 3 fully saturated rings. The van der Waals surface area contributed by atoms with E-state index in [2.05, 4.69) is 5.10 Å². The fourth-order valence-electron chi connectivity index (χ4n) is 4.59. The molecule has 1 aromatic carbocycles. The highest BCUT2D eigenvalue weighted by molar-refractivity contribution is 5.96. The van der Waals surface area contributed by atoms with E-state index in [0.717, 1.165) is 0 Å². The lowest BCUT2D eigenvalue weighted by Crippen LogP contribution is -2.76. The second kappa shape index (κ2) is 6.24. The lowest BCUT2D eigenvalue weighted by atomic mass is 9.88. The number of ether oxygens (including phenoxy) is 6. The van der Waals surface area contributed by atoms with Crippen LogP contribution >= 0.6 is 0 Å². The molecule has 9 heteroatoms. The van der Waals surface area contributed by atoms with Gasteiger partial charge in [-0.3, -0.25) is 4.79 Å². The molecular formula is C21H26N2O7. The van der Waals surface area contributed by atoms with Crippen molar-refractivity contribution in [3.05, 3.63) is 35.9 Å². The molecule has 0 aliphatic carbocycles. The third-order valence-corrected chi connectivity index (χ3v) is 5.69. The van der Waals surface area contributed by atoms with Gasteiger partial charge in [0.1, 0.15) is 12.7 Å². The van der Waals surface area contributed by atoms with Crippen molar-refractivity contribution in [2.45, 2.75) is 69.9 Å². The molecule has 3 saturated heterocycles. The summed E-state index contributed by atoms with van der Waals surface area (Å²) in [5.41, 5.74) is -0.844. The van der Waals surface area contributed by atoms with Crippen LogP contribution in [-0.2, 0) is 33.2 Å². The lowest BCUT2D eigenvalue weighted by Gasteiger charge is -2.52. The first-order chi connectivity index (χ1) is 14.1. The van der Waals surface area contributed by atoms with Crippen LogP contribution in [0.15, 0.2) is 35.4 Å². The Hall–Kier alpha value is -2.04. The van der Waals surface area contributed by atoms with Crippen LogP contribution in [-0.4, -0.2) is 65.3 Å². The standard InChI is InChI=1S/C21H26N2O7/c1-13(24)23-21(29-17(22-23)14-9-7-6-8-10-14)16-15(27-19(4,5)28-16)11-25-20(21)12-26-18(2,3)30-20/h6-10,15-16H,11-12H2,1-5H3/t15-,16-,20+,21+/m1/s1. The van der Waals surface area contributed by atoms with Crippen LogP contribution in [0, 0.1) is 0 Å². The molecule has 4 aliphatic heterocycles. The van der Waals surface area contributed by atoms with E-state index in [0.29, 0.717) is 5.56 Å². The summed E-state index contributed by atoms with van der Waals surface area (Å²) in [6, 6.07) is 9.35. The Morgan fingerprint density at radius 1 is 1.07 bits per heavy atom. The monoisotopic (exact) mass is 418 g/mol. The maximum absolute atomic E-state index is 12.8. The maximum atomic E-state index is 12.8. The van der Waals surface area contributed by atoms with Crippen LogP contribution in [0.25, 0.3) is 0 Å². The second-order valence-electron chi connectivity index (χ2n) is 8.85. The molecule has 9 nitrogen and oxygen atoms in total. The largest absolute Gasteiger partial charge is 0.438 e. The minimum absolute atomic E-state index is 0.0361. The number of benzene rings is 1. The number of carbonyl (C=O) groups is 1. The van der Waals surface area contributed by atoms with E-state index in [1.807, 2.05) is 44.2 Å². The number of fused-ring (bicyclic) bond motifs is 3. The fourth-order valence-corrected chi connectivity index (χ4v) is 4.59. The van der Waals surface area contributed by atoms with Crippen molar-refractivity contribution in [3.8, 4) is 0 Å². The molecular weight excluding hydrogens is 392 g/mol. The van der Waals surface area contributed by atoms with E-state index in [1.54, 1.807) is 13.8 Å². The molecule has 0 radical (unpaired) electrons. The zero-order chi connectivity index (χ0) is 21.4. The average molecular weight is 418 g/mol. The van der Waals surface area contributed by atoms with Gasteiger partial charge >= 0.3 is 0 Å². The third-order valence-electron chi connectivity index (χ3n) is 5.69. The lowest BCUT2D eigenvalue weighted by molar-refractivity contribution is -0.386. The Morgan fingerprint density at radius 3 is 2.43 bits per heavy atom. The molecule has 4 aliphatic rings. The molecule has 4 atom stereocenters. The molecule has 162 valence electrons. The number of amides is 1. The summed E-state index contributed by atoms with van der Waals surface area (Å²) in [5.74, 6) is -3.36. The Labute approximate surface area is 174 Å². The summed E-state index contributed by atoms with van der Waals surface area (Å²) in [4.78, 5) is 12.8. The van der Waals surface area contributed by atoms with Crippen molar-refractivity contribution in [3.63, 3.8) is 0 Å². The highest BCUT2D eigenvalue weighted by atomic mass is 16.9. The topological polar surface area (TPSA) is 88.1 Å². The number of hydrogen-bond acceptors (Lipinski definition) is 8. The fraction of sp³-hybridized carbons (Fsp3) is 0.619. The first-order valence-corrected chi connectivity index (χ1v) is 10.1. The summed E-state index contributed by atoms with van der Waals surface area (Å²) in [6.45, 7) is 8.85. The van der Waals surface area contributed by atoms with Crippen molar-refractivity contribution in [2.75, 3.05) is 13.2 Å². The van der Waals surface area contributed by atoms with Gasteiger partial charge in [-0.25, -0.2) is 0 Å². The number of hydrogen-bond donors (Lipinski definition) is 0. The summed E-state index contributed by atoms with van der Waals surface area (Å²) in [6.07, 6.45) is -1.20. The predicted octanol–water partition coefficient (Wildman–Crippen LogP) is 1.95. The Balaban J connectivity index is 1.66. The molecule has 0 saturated carbocycles. The van der Waals surface area contributed by atoms with E-state index in [9.17, 15) is 4.79 Å². The molecule has 4 heterocycles. The molecule has 0 aromatic heterocycles. The highest BCUT2D eigenvalue weighted by Crippen LogP contribution is 2.54. The second-order valence-corrected chi connectivity index (χ2v) is 8.85. The van der Waals surface area contributed by atoms with Crippen LogP contribution < -0.4 is 0 Å². The van der Waals surface area contributed by atoms with Gasteiger partial charge in [0.25, 0.3) is 11.5 Å². The van der Waals surface area contributed by atoms with E-state index in [-0.39, 0.29) is 25.0 Å². The summed E-state index contributed by atoms with van der Waals surface area (Å²) in [5, 5.41) is 5.80. The smallest absolute Gasteiger partial charge is 0.291 e. The molecule has 2 spiro atoms. The Bertz CT molecular complexity index is 900. The van der Waals surface area contributed by atoms with E-state index in [1.165, 1.54) is 11.9 Å². The Morgan fingerprint density at radius 2 is 1.80 bits per heavy atom. The van der Waals surface area contributed by atoms with E-state index in [4.69, 9.17) is 28.4 Å². The van der Waals surface area contributed by atoms with Crippen molar-refractivity contribution in [2.24, 2.45) is 5.10 Å². The SMILES string of the molecule is CC(=O)N1N=C(c2ccccc2)O[C@]12[C@@H]1OC(C)(C)O[C@@H]1CO[C@]21COC(C)(C)O1. The van der Waals surface area contributed by atoms with E-state index < -0.39 is 35.3 Å². The summed E-state index contributed by atoms with van der Waals surface area (Å²) >= 11 is 0. The van der Waals surface area contributed by atoms with Gasteiger partial charge in [0, 0.05) is 12.5 Å². The van der Waals surface area contributed by atoms with E-state index >= 15 is 0 Å². The van der Waals surface area contributed by atoms with Crippen LogP contribution in [0.4, 0.5) is 0 Å². The molecule has 1 amide bonds. The molecule has 5 rings (SSSR count). The highest BCUT2D eigenvalue weighted by Gasteiger charge is 2.78. The van der Waals surface area contributed by atoms with Crippen LogP contribution in [0.5, 0.6) is 0 Å². The van der Waals surface area contributed by atoms with Gasteiger partial charge < -0.3 is 28.4 Å². The Kier molecular flexibility index (Phi) is 4.14. The summed E-state index contributed by atoms with van der Waals surface area (Å²) in [7, 11) is 0. The van der Waals surface area contributed by atoms with Crippen molar-refractivity contribution >= 4 is 11.8 Å². The molecule has 1 aromatic rings. The van der Waals surface area contributed by atoms with Gasteiger partial charge in [0.05, 0.1) is 6.61 Å². The van der Waals surface area contributed by atoms with Crippen molar-refractivity contribution in [1.29, 1.82) is 0 Å². The van der Waals surface area contributed by atoms with Crippen LogP contribution in [0.3, 0.4) is 0 Å². The molecule has 0 bridgehead atoms. The first kappa shape index (κ1) is 19.9. The zero-order valence-corrected chi connectivity index (χ0v) is 17.7. The summed E-state index contributed by atoms with van der Waals surface area (Å²) < 4.78 is 37.2. The molecule has 0 unspecified atom stereocenters. The minimum atomic E-state index is -1.56. The van der Waals surface area contributed by atoms with Gasteiger partial charge in [-0.2, -0.15) is 5.01 Å². The van der Waals surface area contributed by atoms with Crippen molar-refractivity contribution in [1.82, 2.24) is 5.01 Å². The van der Waals surface area contributed by atoms with Gasteiger partial charge in [-0.15, -0.1) is 5.10 Å². The van der Waals surface area contributed by atoms with Gasteiger partial charge in [0.15, 0.2) is 17.7 Å².